The molecule has 7 heteroatoms. The summed E-state index contributed by atoms with van der Waals surface area (Å²) in [5.41, 5.74) is 2.69. The molecule has 0 bridgehead atoms. The van der Waals surface area contributed by atoms with Crippen LogP contribution in [0.3, 0.4) is 0 Å². The van der Waals surface area contributed by atoms with Gasteiger partial charge in [0.05, 0.1) is 4.90 Å². The summed E-state index contributed by atoms with van der Waals surface area (Å²) in [6, 6.07) is 14.4. The van der Waals surface area contributed by atoms with Crippen LogP contribution < -0.4 is 5.32 Å². The Kier molecular flexibility index (Phi) is 6.43. The average molecular weight is 440 g/mol. The number of para-hydroxylation sites is 1. The molecule has 2 aromatic carbocycles. The van der Waals surface area contributed by atoms with Crippen molar-refractivity contribution in [1.29, 1.82) is 0 Å². The smallest absolute Gasteiger partial charge is 0.251 e. The molecule has 1 amide bonds. The summed E-state index contributed by atoms with van der Waals surface area (Å²) in [5.74, 6) is -0.204. The van der Waals surface area contributed by atoms with Gasteiger partial charge in [-0.15, -0.1) is 0 Å². The van der Waals surface area contributed by atoms with E-state index in [9.17, 15) is 13.2 Å². The van der Waals surface area contributed by atoms with Gasteiger partial charge in [-0.3, -0.25) is 4.79 Å². The van der Waals surface area contributed by atoms with E-state index in [1.54, 1.807) is 19.2 Å². The number of sulfonamides is 1. The van der Waals surface area contributed by atoms with E-state index in [1.807, 2.05) is 24.4 Å². The Bertz CT molecular complexity index is 1150. The number of hydrogen-bond donors (Lipinski definition) is 2. The highest BCUT2D eigenvalue weighted by Crippen LogP contribution is 2.26. The molecule has 1 aliphatic carbocycles. The first kappa shape index (κ1) is 21.6. The van der Waals surface area contributed by atoms with Crippen molar-refractivity contribution in [2.75, 3.05) is 13.6 Å². The topological polar surface area (TPSA) is 82.3 Å². The predicted molar refractivity (Wildman–Crippen MR) is 123 cm³/mol. The second-order valence-corrected chi connectivity index (χ2v) is 10.2. The van der Waals surface area contributed by atoms with Crippen molar-refractivity contribution in [3.63, 3.8) is 0 Å². The standard InChI is InChI=1S/C24H29N3O3S/c1-27(20-7-3-2-4-8-20)31(29,30)21-13-11-18(12-14-21)24(28)25-16-15-19-17-26-23-10-6-5-9-22(19)23/h5-6,9-14,17,20,26H,2-4,7-8,15-16H2,1H3,(H,25,28). The summed E-state index contributed by atoms with van der Waals surface area (Å²) in [6.45, 7) is 0.505. The fourth-order valence-electron chi connectivity index (χ4n) is 4.34. The molecule has 6 nitrogen and oxygen atoms in total. The number of benzene rings is 2. The minimum Gasteiger partial charge on any atom is -0.361 e. The van der Waals surface area contributed by atoms with Gasteiger partial charge < -0.3 is 10.3 Å². The van der Waals surface area contributed by atoms with Crippen LogP contribution in [-0.4, -0.2) is 43.2 Å². The van der Waals surface area contributed by atoms with Crippen LogP contribution in [0.5, 0.6) is 0 Å². The zero-order valence-electron chi connectivity index (χ0n) is 17.8. The molecule has 0 radical (unpaired) electrons. The van der Waals surface area contributed by atoms with Crippen LogP contribution in [0.2, 0.25) is 0 Å². The van der Waals surface area contributed by atoms with Crippen LogP contribution in [0.1, 0.15) is 48.0 Å². The molecular formula is C24H29N3O3S. The van der Waals surface area contributed by atoms with Gasteiger partial charge in [0.25, 0.3) is 5.91 Å². The maximum atomic E-state index is 12.9. The molecule has 0 aliphatic heterocycles. The highest BCUT2D eigenvalue weighted by Gasteiger charge is 2.29. The Morgan fingerprint density at radius 1 is 1.06 bits per heavy atom. The molecular weight excluding hydrogens is 410 g/mol. The Balaban J connectivity index is 1.36. The van der Waals surface area contributed by atoms with Crippen LogP contribution >= 0.6 is 0 Å². The van der Waals surface area contributed by atoms with Crippen LogP contribution in [0, 0.1) is 0 Å². The number of aromatic amines is 1. The fraction of sp³-hybridized carbons (Fsp3) is 0.375. The normalized spacial score (nSPS) is 15.4. The number of nitrogens with zero attached hydrogens (tertiary/aromatic N) is 1. The molecule has 1 saturated carbocycles. The van der Waals surface area contributed by atoms with Crippen LogP contribution in [-0.2, 0) is 16.4 Å². The number of carbonyl (C=O) groups is 1. The Morgan fingerprint density at radius 3 is 2.52 bits per heavy atom. The summed E-state index contributed by atoms with van der Waals surface area (Å²) in [6.07, 6.45) is 7.83. The lowest BCUT2D eigenvalue weighted by molar-refractivity contribution is 0.0954. The van der Waals surface area contributed by atoms with E-state index in [4.69, 9.17) is 0 Å². The van der Waals surface area contributed by atoms with Crippen LogP contribution in [0.4, 0.5) is 0 Å². The van der Waals surface area contributed by atoms with Gasteiger partial charge in [0.2, 0.25) is 10.0 Å². The Hall–Kier alpha value is -2.64. The van der Waals surface area contributed by atoms with Crippen molar-refractivity contribution in [2.45, 2.75) is 49.5 Å². The van der Waals surface area contributed by atoms with E-state index in [-0.39, 0.29) is 16.8 Å². The SMILES string of the molecule is CN(C1CCCCC1)S(=O)(=O)c1ccc(C(=O)NCCc2c[nH]c3ccccc23)cc1. The van der Waals surface area contributed by atoms with Gasteiger partial charge in [-0.2, -0.15) is 4.31 Å². The van der Waals surface area contributed by atoms with E-state index in [1.165, 1.54) is 22.9 Å². The predicted octanol–water partition coefficient (Wildman–Crippen LogP) is 4.09. The molecule has 0 unspecified atom stereocenters. The van der Waals surface area contributed by atoms with Gasteiger partial charge in [0, 0.05) is 42.3 Å². The van der Waals surface area contributed by atoms with Gasteiger partial charge in [0.15, 0.2) is 0 Å². The van der Waals surface area contributed by atoms with E-state index in [0.717, 1.165) is 42.1 Å². The Morgan fingerprint density at radius 2 is 1.77 bits per heavy atom. The van der Waals surface area contributed by atoms with Gasteiger partial charge in [-0.05, 0) is 55.2 Å². The van der Waals surface area contributed by atoms with Crippen molar-refractivity contribution >= 4 is 26.8 Å². The zero-order chi connectivity index (χ0) is 21.8. The second-order valence-electron chi connectivity index (χ2n) is 8.20. The third-order valence-corrected chi connectivity index (χ3v) is 8.16. The van der Waals surface area contributed by atoms with Crippen molar-refractivity contribution in [3.8, 4) is 0 Å². The van der Waals surface area contributed by atoms with Crippen molar-refractivity contribution in [3.05, 3.63) is 65.9 Å². The lowest BCUT2D eigenvalue weighted by Gasteiger charge is -2.30. The third-order valence-electron chi connectivity index (χ3n) is 6.24. The maximum absolute atomic E-state index is 12.9. The molecule has 4 rings (SSSR count). The largest absolute Gasteiger partial charge is 0.361 e. The van der Waals surface area contributed by atoms with E-state index >= 15 is 0 Å². The summed E-state index contributed by atoms with van der Waals surface area (Å²) >= 11 is 0. The highest BCUT2D eigenvalue weighted by atomic mass is 32.2. The number of nitrogens with one attached hydrogen (secondary N) is 2. The lowest BCUT2D eigenvalue weighted by Crippen LogP contribution is -2.38. The minimum absolute atomic E-state index is 0.0613. The molecule has 0 spiro atoms. The molecule has 1 aromatic heterocycles. The zero-order valence-corrected chi connectivity index (χ0v) is 18.6. The quantitative estimate of drug-likeness (QED) is 0.582. The number of amides is 1. The molecule has 3 aromatic rings. The number of hydrogen-bond acceptors (Lipinski definition) is 3. The minimum atomic E-state index is -3.55. The molecule has 31 heavy (non-hydrogen) atoms. The number of carbonyl (C=O) groups excluding carboxylic acids is 1. The summed E-state index contributed by atoms with van der Waals surface area (Å²) in [5, 5.41) is 4.08. The van der Waals surface area contributed by atoms with Crippen LogP contribution in [0.25, 0.3) is 10.9 Å². The van der Waals surface area contributed by atoms with E-state index in [0.29, 0.717) is 18.5 Å². The average Bonchev–Trinajstić information content (AvgIpc) is 3.22. The fourth-order valence-corrected chi connectivity index (χ4v) is 5.75. The summed E-state index contributed by atoms with van der Waals surface area (Å²) in [7, 11) is -1.89. The maximum Gasteiger partial charge on any atom is 0.251 e. The molecule has 1 heterocycles. The monoisotopic (exact) mass is 439 g/mol. The van der Waals surface area contributed by atoms with Gasteiger partial charge in [-0.1, -0.05) is 37.5 Å². The van der Waals surface area contributed by atoms with Crippen molar-refractivity contribution < 1.29 is 13.2 Å². The molecule has 1 aliphatic rings. The number of aromatic nitrogens is 1. The van der Waals surface area contributed by atoms with Gasteiger partial charge in [-0.25, -0.2) is 8.42 Å². The van der Waals surface area contributed by atoms with E-state index < -0.39 is 10.0 Å². The van der Waals surface area contributed by atoms with Gasteiger partial charge in [0.1, 0.15) is 0 Å². The summed E-state index contributed by atoms with van der Waals surface area (Å²) in [4.78, 5) is 16.0. The number of fused-ring (bicyclic) bond motifs is 1. The molecule has 164 valence electrons. The molecule has 0 saturated heterocycles. The molecule has 0 atom stereocenters. The first-order valence-corrected chi connectivity index (χ1v) is 12.3. The molecule has 1 fully saturated rings. The number of H-pyrrole nitrogens is 1. The van der Waals surface area contributed by atoms with Gasteiger partial charge >= 0.3 is 0 Å². The Labute approximate surface area is 183 Å². The first-order chi connectivity index (χ1) is 15.0. The summed E-state index contributed by atoms with van der Waals surface area (Å²) < 4.78 is 27.4. The first-order valence-electron chi connectivity index (χ1n) is 10.9. The molecule has 2 N–H and O–H groups in total. The lowest BCUT2D eigenvalue weighted by atomic mass is 9.96. The second kappa shape index (κ2) is 9.24. The van der Waals surface area contributed by atoms with Crippen molar-refractivity contribution in [1.82, 2.24) is 14.6 Å². The highest BCUT2D eigenvalue weighted by molar-refractivity contribution is 7.89. The van der Waals surface area contributed by atoms with Crippen molar-refractivity contribution in [2.24, 2.45) is 0 Å². The van der Waals surface area contributed by atoms with E-state index in [2.05, 4.69) is 16.4 Å². The number of rotatable bonds is 7. The van der Waals surface area contributed by atoms with Crippen LogP contribution in [0.15, 0.2) is 59.6 Å². The third kappa shape index (κ3) is 4.67.